The molecule has 2 aromatic carbocycles. The summed E-state index contributed by atoms with van der Waals surface area (Å²) in [5.74, 6) is 0.290. The first-order valence-electron chi connectivity index (χ1n) is 4.31. The van der Waals surface area contributed by atoms with Crippen LogP contribution in [0.4, 0.5) is 0 Å². The standard InChI is InChI=1S/C12H9BrO/c13-12-7-2-1-6-11(12)9-4-3-5-10(14)8-9/h1-8,14H. The Morgan fingerprint density at radius 1 is 0.929 bits per heavy atom. The number of hydrogen-bond acceptors (Lipinski definition) is 1. The molecule has 2 heteroatoms. The average Bonchev–Trinajstić information content (AvgIpc) is 2.18. The van der Waals surface area contributed by atoms with E-state index < -0.39 is 0 Å². The van der Waals surface area contributed by atoms with Crippen LogP contribution < -0.4 is 0 Å². The molecule has 0 heterocycles. The summed E-state index contributed by atoms with van der Waals surface area (Å²) in [4.78, 5) is 0. The molecule has 0 atom stereocenters. The molecule has 0 saturated carbocycles. The minimum Gasteiger partial charge on any atom is -0.508 e. The van der Waals surface area contributed by atoms with Crippen LogP contribution >= 0.6 is 15.9 Å². The molecular weight excluding hydrogens is 240 g/mol. The maximum atomic E-state index is 9.35. The Morgan fingerprint density at radius 3 is 2.43 bits per heavy atom. The van der Waals surface area contributed by atoms with Gasteiger partial charge in [-0.3, -0.25) is 0 Å². The molecule has 0 aliphatic carbocycles. The number of hydrogen-bond donors (Lipinski definition) is 1. The fourth-order valence-electron chi connectivity index (χ4n) is 1.37. The van der Waals surface area contributed by atoms with Crippen LogP contribution in [0.2, 0.25) is 0 Å². The van der Waals surface area contributed by atoms with Crippen LogP contribution in [0.25, 0.3) is 11.1 Å². The maximum Gasteiger partial charge on any atom is 0.116 e. The van der Waals surface area contributed by atoms with Crippen molar-refractivity contribution in [3.05, 3.63) is 53.0 Å². The van der Waals surface area contributed by atoms with Gasteiger partial charge in [-0.15, -0.1) is 0 Å². The topological polar surface area (TPSA) is 20.2 Å². The van der Waals surface area contributed by atoms with Gasteiger partial charge in [0.25, 0.3) is 0 Å². The molecule has 70 valence electrons. The van der Waals surface area contributed by atoms with Crippen molar-refractivity contribution in [2.75, 3.05) is 0 Å². The van der Waals surface area contributed by atoms with Crippen molar-refractivity contribution >= 4 is 15.9 Å². The third-order valence-corrected chi connectivity index (χ3v) is 2.72. The zero-order valence-electron chi connectivity index (χ0n) is 7.44. The van der Waals surface area contributed by atoms with E-state index in [1.807, 2.05) is 36.4 Å². The van der Waals surface area contributed by atoms with Crippen LogP contribution in [-0.4, -0.2) is 5.11 Å². The first-order valence-corrected chi connectivity index (χ1v) is 5.10. The van der Waals surface area contributed by atoms with Crippen molar-refractivity contribution in [1.82, 2.24) is 0 Å². The lowest BCUT2D eigenvalue weighted by Gasteiger charge is -2.04. The lowest BCUT2D eigenvalue weighted by Crippen LogP contribution is -1.78. The highest BCUT2D eigenvalue weighted by atomic mass is 79.9. The van der Waals surface area contributed by atoms with Gasteiger partial charge in [0, 0.05) is 4.47 Å². The van der Waals surface area contributed by atoms with Crippen molar-refractivity contribution < 1.29 is 5.11 Å². The largest absolute Gasteiger partial charge is 0.508 e. The number of benzene rings is 2. The first-order chi connectivity index (χ1) is 6.77. The summed E-state index contributed by atoms with van der Waals surface area (Å²) in [6, 6.07) is 15.2. The predicted molar refractivity (Wildman–Crippen MR) is 61.2 cm³/mol. The molecule has 0 aliphatic rings. The molecule has 1 nitrogen and oxygen atoms in total. The van der Waals surface area contributed by atoms with Crippen molar-refractivity contribution in [2.45, 2.75) is 0 Å². The molecule has 0 radical (unpaired) electrons. The van der Waals surface area contributed by atoms with E-state index in [2.05, 4.69) is 15.9 Å². The molecule has 0 saturated heterocycles. The summed E-state index contributed by atoms with van der Waals surface area (Å²) in [6.07, 6.45) is 0. The van der Waals surface area contributed by atoms with Crippen LogP contribution in [0, 0.1) is 0 Å². The maximum absolute atomic E-state index is 9.35. The lowest BCUT2D eigenvalue weighted by molar-refractivity contribution is 0.475. The highest BCUT2D eigenvalue weighted by Gasteiger charge is 2.01. The van der Waals surface area contributed by atoms with E-state index in [1.54, 1.807) is 12.1 Å². The molecule has 0 aliphatic heterocycles. The summed E-state index contributed by atoms with van der Waals surface area (Å²) < 4.78 is 1.03. The zero-order chi connectivity index (χ0) is 9.97. The summed E-state index contributed by atoms with van der Waals surface area (Å²) in [6.45, 7) is 0. The van der Waals surface area contributed by atoms with E-state index in [-0.39, 0.29) is 0 Å². The fraction of sp³-hybridized carbons (Fsp3) is 0. The Morgan fingerprint density at radius 2 is 1.71 bits per heavy atom. The second-order valence-electron chi connectivity index (χ2n) is 3.03. The van der Waals surface area contributed by atoms with E-state index in [9.17, 15) is 5.11 Å². The molecule has 0 amide bonds. The Kier molecular flexibility index (Phi) is 2.55. The van der Waals surface area contributed by atoms with Gasteiger partial charge in [-0.25, -0.2) is 0 Å². The highest BCUT2D eigenvalue weighted by Crippen LogP contribution is 2.29. The Hall–Kier alpha value is -1.28. The quantitative estimate of drug-likeness (QED) is 0.814. The van der Waals surface area contributed by atoms with Gasteiger partial charge in [0.05, 0.1) is 0 Å². The lowest BCUT2D eigenvalue weighted by atomic mass is 10.1. The van der Waals surface area contributed by atoms with Gasteiger partial charge in [-0.1, -0.05) is 46.3 Å². The van der Waals surface area contributed by atoms with E-state index in [0.29, 0.717) is 5.75 Å². The van der Waals surface area contributed by atoms with Crippen LogP contribution in [0.3, 0.4) is 0 Å². The van der Waals surface area contributed by atoms with Crippen molar-refractivity contribution in [2.24, 2.45) is 0 Å². The molecule has 0 fully saturated rings. The number of halogens is 1. The van der Waals surface area contributed by atoms with Gasteiger partial charge < -0.3 is 5.11 Å². The van der Waals surface area contributed by atoms with Gasteiger partial charge in [0.2, 0.25) is 0 Å². The van der Waals surface area contributed by atoms with Crippen LogP contribution in [0.1, 0.15) is 0 Å². The summed E-state index contributed by atoms with van der Waals surface area (Å²) in [7, 11) is 0. The summed E-state index contributed by atoms with van der Waals surface area (Å²) >= 11 is 3.48. The summed E-state index contributed by atoms with van der Waals surface area (Å²) in [5.41, 5.74) is 2.10. The SMILES string of the molecule is Oc1cccc(-c2ccccc2Br)c1. The number of aromatic hydroxyl groups is 1. The van der Waals surface area contributed by atoms with E-state index in [0.717, 1.165) is 15.6 Å². The molecule has 0 aromatic heterocycles. The van der Waals surface area contributed by atoms with Gasteiger partial charge in [0.1, 0.15) is 5.75 Å². The van der Waals surface area contributed by atoms with E-state index in [1.165, 1.54) is 0 Å². The monoisotopic (exact) mass is 248 g/mol. The molecule has 2 rings (SSSR count). The Labute approximate surface area is 91.2 Å². The predicted octanol–water partition coefficient (Wildman–Crippen LogP) is 3.82. The number of phenols is 1. The molecular formula is C12H9BrO. The van der Waals surface area contributed by atoms with Crippen LogP contribution in [0.5, 0.6) is 5.75 Å². The third-order valence-electron chi connectivity index (χ3n) is 2.03. The van der Waals surface area contributed by atoms with Gasteiger partial charge in [-0.05, 0) is 29.3 Å². The normalized spacial score (nSPS) is 10.1. The Bertz CT molecular complexity index is 452. The smallest absolute Gasteiger partial charge is 0.116 e. The molecule has 1 N–H and O–H groups in total. The average molecular weight is 249 g/mol. The van der Waals surface area contributed by atoms with Gasteiger partial charge in [-0.2, -0.15) is 0 Å². The molecule has 0 bridgehead atoms. The summed E-state index contributed by atoms with van der Waals surface area (Å²) in [5, 5.41) is 9.35. The van der Waals surface area contributed by atoms with Crippen molar-refractivity contribution in [3.63, 3.8) is 0 Å². The minimum atomic E-state index is 0.290. The molecule has 14 heavy (non-hydrogen) atoms. The first kappa shape index (κ1) is 9.28. The van der Waals surface area contributed by atoms with Crippen LogP contribution in [0.15, 0.2) is 53.0 Å². The molecule has 2 aromatic rings. The molecule has 0 spiro atoms. The highest BCUT2D eigenvalue weighted by molar-refractivity contribution is 9.10. The van der Waals surface area contributed by atoms with Crippen molar-refractivity contribution in [1.29, 1.82) is 0 Å². The molecule has 0 unspecified atom stereocenters. The van der Waals surface area contributed by atoms with E-state index in [4.69, 9.17) is 0 Å². The number of phenolic OH excluding ortho intramolecular Hbond substituents is 1. The van der Waals surface area contributed by atoms with E-state index >= 15 is 0 Å². The third kappa shape index (κ3) is 1.80. The van der Waals surface area contributed by atoms with Gasteiger partial charge >= 0.3 is 0 Å². The van der Waals surface area contributed by atoms with Crippen LogP contribution in [-0.2, 0) is 0 Å². The second-order valence-corrected chi connectivity index (χ2v) is 3.88. The van der Waals surface area contributed by atoms with Crippen molar-refractivity contribution in [3.8, 4) is 16.9 Å². The minimum absolute atomic E-state index is 0.290. The second kappa shape index (κ2) is 3.84. The fourth-order valence-corrected chi connectivity index (χ4v) is 1.88. The van der Waals surface area contributed by atoms with Gasteiger partial charge in [0.15, 0.2) is 0 Å². The Balaban J connectivity index is 2.55. The number of rotatable bonds is 1. The zero-order valence-corrected chi connectivity index (χ0v) is 9.03.